The third-order valence-corrected chi connectivity index (χ3v) is 3.39. The highest BCUT2D eigenvalue weighted by Gasteiger charge is 2.23. The molecule has 104 valence electrons. The molecule has 5 heteroatoms. The second-order valence-electron chi connectivity index (χ2n) is 4.79. The summed E-state index contributed by atoms with van der Waals surface area (Å²) >= 11 is 0. The van der Waals surface area contributed by atoms with Crippen molar-refractivity contribution in [2.45, 2.75) is 25.8 Å². The van der Waals surface area contributed by atoms with Crippen LogP contribution in [0.5, 0.6) is 0 Å². The highest BCUT2D eigenvalue weighted by molar-refractivity contribution is 5.79. The first-order chi connectivity index (χ1) is 9.08. The van der Waals surface area contributed by atoms with E-state index in [0.29, 0.717) is 31.6 Å². The molecule has 1 unspecified atom stereocenters. The summed E-state index contributed by atoms with van der Waals surface area (Å²) in [6, 6.07) is 3.32. The highest BCUT2D eigenvalue weighted by Crippen LogP contribution is 2.19. The molecule has 1 aliphatic heterocycles. The quantitative estimate of drug-likeness (QED) is 0.916. The van der Waals surface area contributed by atoms with Gasteiger partial charge in [-0.25, -0.2) is 8.78 Å². The Hall–Kier alpha value is -1.49. The van der Waals surface area contributed by atoms with Crippen molar-refractivity contribution in [3.05, 3.63) is 35.4 Å². The zero-order valence-electron chi connectivity index (χ0n) is 10.8. The number of rotatable bonds is 3. The van der Waals surface area contributed by atoms with Gasteiger partial charge in [0, 0.05) is 19.1 Å². The van der Waals surface area contributed by atoms with E-state index in [0.717, 1.165) is 12.1 Å². The summed E-state index contributed by atoms with van der Waals surface area (Å²) in [5.74, 6) is -1.89. The maximum Gasteiger partial charge on any atom is 0.223 e. The molecule has 1 heterocycles. The summed E-state index contributed by atoms with van der Waals surface area (Å²) in [5, 5.41) is 2.83. The monoisotopic (exact) mass is 269 g/mol. The molecule has 0 aliphatic carbocycles. The van der Waals surface area contributed by atoms with Crippen molar-refractivity contribution >= 4 is 5.91 Å². The molecule has 3 nitrogen and oxygen atoms in total. The van der Waals surface area contributed by atoms with E-state index in [1.54, 1.807) is 6.92 Å². The van der Waals surface area contributed by atoms with Crippen molar-refractivity contribution in [2.24, 2.45) is 5.92 Å². The van der Waals surface area contributed by atoms with Crippen LogP contribution in [0.3, 0.4) is 0 Å². The van der Waals surface area contributed by atoms with Gasteiger partial charge in [0.2, 0.25) is 5.91 Å². The first-order valence-corrected chi connectivity index (χ1v) is 6.41. The van der Waals surface area contributed by atoms with E-state index in [9.17, 15) is 13.6 Å². The summed E-state index contributed by atoms with van der Waals surface area (Å²) in [5.41, 5.74) is 0.555. The second-order valence-corrected chi connectivity index (χ2v) is 4.79. The number of carbonyl (C=O) groups is 1. The van der Waals surface area contributed by atoms with E-state index in [-0.39, 0.29) is 17.9 Å². The molecule has 0 saturated carbocycles. The standard InChI is InChI=1S/C14H17F2NO2/c1-9(11-2-3-12(15)13(16)8-11)17-14(18)10-4-6-19-7-5-10/h2-3,8-10H,4-7H2,1H3,(H,17,18). The molecule has 1 amide bonds. The zero-order chi connectivity index (χ0) is 13.8. The number of amides is 1. The predicted molar refractivity (Wildman–Crippen MR) is 66.5 cm³/mol. The summed E-state index contributed by atoms with van der Waals surface area (Å²) in [4.78, 5) is 12.0. The lowest BCUT2D eigenvalue weighted by molar-refractivity contribution is -0.128. The smallest absolute Gasteiger partial charge is 0.223 e. The molecule has 1 aromatic carbocycles. The molecule has 19 heavy (non-hydrogen) atoms. The Kier molecular flexibility index (Phi) is 4.47. The molecule has 0 aromatic heterocycles. The summed E-state index contributed by atoms with van der Waals surface area (Å²) in [6.45, 7) is 2.94. The van der Waals surface area contributed by atoms with Crippen LogP contribution in [0.2, 0.25) is 0 Å². The van der Waals surface area contributed by atoms with Crippen molar-refractivity contribution in [3.63, 3.8) is 0 Å². The third-order valence-electron chi connectivity index (χ3n) is 3.39. The van der Waals surface area contributed by atoms with Gasteiger partial charge in [-0.3, -0.25) is 4.79 Å². The Morgan fingerprint density at radius 3 is 2.63 bits per heavy atom. The van der Waals surface area contributed by atoms with Gasteiger partial charge in [0.25, 0.3) is 0 Å². The van der Waals surface area contributed by atoms with E-state index < -0.39 is 11.6 Å². The Bertz CT molecular complexity index is 459. The van der Waals surface area contributed by atoms with E-state index in [1.807, 2.05) is 0 Å². The van der Waals surface area contributed by atoms with Crippen LogP contribution < -0.4 is 5.32 Å². The fraction of sp³-hybridized carbons (Fsp3) is 0.500. The van der Waals surface area contributed by atoms with Crippen molar-refractivity contribution in [2.75, 3.05) is 13.2 Å². The first kappa shape index (κ1) is 13.9. The van der Waals surface area contributed by atoms with Crippen LogP contribution in [0.25, 0.3) is 0 Å². The maximum absolute atomic E-state index is 13.1. The van der Waals surface area contributed by atoms with Crippen LogP contribution in [0.15, 0.2) is 18.2 Å². The van der Waals surface area contributed by atoms with Gasteiger partial charge in [-0.1, -0.05) is 6.07 Å². The number of carbonyl (C=O) groups excluding carboxylic acids is 1. The van der Waals surface area contributed by atoms with Gasteiger partial charge < -0.3 is 10.1 Å². The van der Waals surface area contributed by atoms with Gasteiger partial charge >= 0.3 is 0 Å². The van der Waals surface area contributed by atoms with E-state index >= 15 is 0 Å². The minimum atomic E-state index is -0.898. The van der Waals surface area contributed by atoms with Crippen LogP contribution in [0.4, 0.5) is 8.78 Å². The normalized spacial score (nSPS) is 18.1. The molecule has 1 aliphatic rings. The highest BCUT2D eigenvalue weighted by atomic mass is 19.2. The Labute approximate surface area is 111 Å². The predicted octanol–water partition coefficient (Wildman–Crippen LogP) is 2.57. The van der Waals surface area contributed by atoms with Gasteiger partial charge in [0.05, 0.1) is 6.04 Å². The molecule has 2 rings (SSSR count). The van der Waals surface area contributed by atoms with Crippen LogP contribution >= 0.6 is 0 Å². The Morgan fingerprint density at radius 1 is 1.32 bits per heavy atom. The lowest BCUT2D eigenvalue weighted by Gasteiger charge is -2.23. The largest absolute Gasteiger partial charge is 0.381 e. The Balaban J connectivity index is 1.97. The van der Waals surface area contributed by atoms with Gasteiger partial charge in [-0.15, -0.1) is 0 Å². The number of hydrogen-bond acceptors (Lipinski definition) is 2. The first-order valence-electron chi connectivity index (χ1n) is 6.41. The molecule has 1 aromatic rings. The minimum Gasteiger partial charge on any atom is -0.381 e. The van der Waals surface area contributed by atoms with Crippen molar-refractivity contribution in [1.29, 1.82) is 0 Å². The molecule has 1 fully saturated rings. The number of benzene rings is 1. The van der Waals surface area contributed by atoms with Crippen LogP contribution in [-0.4, -0.2) is 19.1 Å². The molecule has 1 atom stereocenters. The number of halogens is 2. The van der Waals surface area contributed by atoms with E-state index in [2.05, 4.69) is 5.32 Å². The lowest BCUT2D eigenvalue weighted by atomic mass is 9.98. The average Bonchev–Trinajstić information content (AvgIpc) is 2.42. The maximum atomic E-state index is 13.1. The summed E-state index contributed by atoms with van der Waals surface area (Å²) in [6.07, 6.45) is 1.41. The SMILES string of the molecule is CC(NC(=O)C1CCOCC1)c1ccc(F)c(F)c1. The lowest BCUT2D eigenvalue weighted by Crippen LogP contribution is -2.35. The zero-order valence-corrected chi connectivity index (χ0v) is 10.8. The van der Waals surface area contributed by atoms with E-state index in [4.69, 9.17) is 4.74 Å². The van der Waals surface area contributed by atoms with Gasteiger partial charge in [0.15, 0.2) is 11.6 Å². The molecular weight excluding hydrogens is 252 g/mol. The fourth-order valence-electron chi connectivity index (χ4n) is 2.16. The molecule has 0 spiro atoms. The Morgan fingerprint density at radius 2 is 2.00 bits per heavy atom. The minimum absolute atomic E-state index is 0.0542. The molecule has 1 saturated heterocycles. The van der Waals surface area contributed by atoms with Gasteiger partial charge in [-0.2, -0.15) is 0 Å². The number of nitrogens with one attached hydrogen (secondary N) is 1. The van der Waals surface area contributed by atoms with Crippen molar-refractivity contribution < 1.29 is 18.3 Å². The third kappa shape index (κ3) is 3.50. The van der Waals surface area contributed by atoms with E-state index in [1.165, 1.54) is 6.07 Å². The van der Waals surface area contributed by atoms with Crippen molar-refractivity contribution in [1.82, 2.24) is 5.32 Å². The van der Waals surface area contributed by atoms with Gasteiger partial charge in [-0.05, 0) is 37.5 Å². The number of hydrogen-bond donors (Lipinski definition) is 1. The molecule has 0 bridgehead atoms. The van der Waals surface area contributed by atoms with Crippen molar-refractivity contribution in [3.8, 4) is 0 Å². The molecule has 1 N–H and O–H groups in total. The number of ether oxygens (including phenoxy) is 1. The fourth-order valence-corrected chi connectivity index (χ4v) is 2.16. The average molecular weight is 269 g/mol. The molecule has 0 radical (unpaired) electrons. The van der Waals surface area contributed by atoms with Gasteiger partial charge in [0.1, 0.15) is 0 Å². The second kappa shape index (κ2) is 6.10. The van der Waals surface area contributed by atoms with Crippen LogP contribution in [0, 0.1) is 17.6 Å². The van der Waals surface area contributed by atoms with Crippen LogP contribution in [-0.2, 0) is 9.53 Å². The topological polar surface area (TPSA) is 38.3 Å². The summed E-state index contributed by atoms with van der Waals surface area (Å²) in [7, 11) is 0. The molecular formula is C14H17F2NO2. The summed E-state index contributed by atoms with van der Waals surface area (Å²) < 4.78 is 31.2. The van der Waals surface area contributed by atoms with Crippen LogP contribution in [0.1, 0.15) is 31.4 Å².